The van der Waals surface area contributed by atoms with Gasteiger partial charge in [-0.2, -0.15) is 5.10 Å². The molecule has 2 heterocycles. The van der Waals surface area contributed by atoms with Gasteiger partial charge in [0.05, 0.1) is 23.3 Å². The molecule has 32 heavy (non-hydrogen) atoms. The first-order chi connectivity index (χ1) is 15.6. The highest BCUT2D eigenvalue weighted by Crippen LogP contribution is 2.32. The van der Waals surface area contributed by atoms with Crippen LogP contribution < -0.4 is 16.4 Å². The van der Waals surface area contributed by atoms with E-state index in [1.54, 1.807) is 6.20 Å². The van der Waals surface area contributed by atoms with Crippen LogP contribution in [0, 0.1) is 0 Å². The summed E-state index contributed by atoms with van der Waals surface area (Å²) in [5.41, 5.74) is 11.0. The van der Waals surface area contributed by atoms with Gasteiger partial charge in [0.2, 0.25) is 5.91 Å². The van der Waals surface area contributed by atoms with Crippen LogP contribution in [0.1, 0.15) is 17.0 Å². The molecule has 4 rings (SSSR count). The number of ether oxygens (including phenoxy) is 1. The maximum atomic E-state index is 13.1. The number of benzene rings is 2. The topological polar surface area (TPSA) is 138 Å². The Morgan fingerprint density at radius 1 is 1.16 bits per heavy atom. The number of amides is 2. The summed E-state index contributed by atoms with van der Waals surface area (Å²) in [6, 6.07) is 13.0. The lowest BCUT2D eigenvalue weighted by atomic mass is 9.97. The van der Waals surface area contributed by atoms with E-state index in [2.05, 4.69) is 25.8 Å². The van der Waals surface area contributed by atoms with Crippen LogP contribution in [0.4, 0.5) is 10.5 Å². The van der Waals surface area contributed by atoms with Gasteiger partial charge in [-0.25, -0.2) is 4.79 Å². The predicted molar refractivity (Wildman–Crippen MR) is 122 cm³/mol. The van der Waals surface area contributed by atoms with Crippen molar-refractivity contribution >= 4 is 28.6 Å². The molecule has 164 valence electrons. The number of nitrogens with one attached hydrogen (secondary N) is 4. The van der Waals surface area contributed by atoms with Gasteiger partial charge in [-0.3, -0.25) is 9.89 Å². The van der Waals surface area contributed by atoms with Crippen LogP contribution in [0.5, 0.6) is 0 Å². The van der Waals surface area contributed by atoms with Crippen LogP contribution >= 0.6 is 0 Å². The Labute approximate surface area is 184 Å². The maximum Gasteiger partial charge on any atom is 0.407 e. The molecule has 0 aliphatic heterocycles. The van der Waals surface area contributed by atoms with Crippen molar-refractivity contribution < 1.29 is 14.3 Å². The molecule has 0 saturated carbocycles. The molecule has 1 atom stereocenters. The third-order valence-corrected chi connectivity index (χ3v) is 5.29. The predicted octanol–water partition coefficient (Wildman–Crippen LogP) is 3.10. The van der Waals surface area contributed by atoms with Crippen molar-refractivity contribution in [1.29, 1.82) is 0 Å². The second-order valence-electron chi connectivity index (χ2n) is 7.26. The molecule has 6 N–H and O–H groups in total. The molecule has 1 unspecified atom stereocenters. The number of anilines is 1. The third kappa shape index (κ3) is 4.33. The number of rotatable bonds is 7. The van der Waals surface area contributed by atoms with Crippen molar-refractivity contribution in [2.24, 2.45) is 5.73 Å². The van der Waals surface area contributed by atoms with Crippen molar-refractivity contribution in [2.45, 2.75) is 12.5 Å². The summed E-state index contributed by atoms with van der Waals surface area (Å²) in [6.07, 6.45) is 4.97. The molecular formula is C23H24N6O3. The number of para-hydroxylation sites is 1. The van der Waals surface area contributed by atoms with Crippen LogP contribution in [-0.4, -0.2) is 40.8 Å². The quantitative estimate of drug-likeness (QED) is 0.305. The first kappa shape index (κ1) is 21.1. The van der Waals surface area contributed by atoms with Gasteiger partial charge in [-0.15, -0.1) is 0 Å². The van der Waals surface area contributed by atoms with Crippen LogP contribution in [0.2, 0.25) is 0 Å². The standard InChI is InChI=1S/C23H24N6O3/c1-25-23(31)32-13-14-5-7-15(8-6-14)18(9-24)22(30)29-20-4-2-3-17-19(12-26-21(17)20)16-10-27-28-11-16/h2-8,10-12,18,26H,9,13,24H2,1H3,(H,25,31)(H,27,28)(H,29,30). The Bertz CT molecular complexity index is 1210. The largest absolute Gasteiger partial charge is 0.445 e. The van der Waals surface area contributed by atoms with Crippen molar-refractivity contribution in [1.82, 2.24) is 20.5 Å². The van der Waals surface area contributed by atoms with Crippen molar-refractivity contribution in [3.8, 4) is 11.1 Å². The Morgan fingerprint density at radius 2 is 1.97 bits per heavy atom. The number of nitrogens with zero attached hydrogens (tertiary/aromatic N) is 1. The summed E-state index contributed by atoms with van der Waals surface area (Å²) in [6.45, 7) is 0.300. The number of fused-ring (bicyclic) bond motifs is 1. The zero-order valence-electron chi connectivity index (χ0n) is 17.5. The summed E-state index contributed by atoms with van der Waals surface area (Å²) in [5, 5.41) is 13.2. The van der Waals surface area contributed by atoms with Gasteiger partial charge in [0.15, 0.2) is 0 Å². The molecular weight excluding hydrogens is 408 g/mol. The summed E-state index contributed by atoms with van der Waals surface area (Å²) in [4.78, 5) is 27.5. The third-order valence-electron chi connectivity index (χ3n) is 5.29. The fourth-order valence-corrected chi connectivity index (χ4v) is 3.58. The first-order valence-corrected chi connectivity index (χ1v) is 10.1. The molecule has 0 fully saturated rings. The van der Waals surface area contributed by atoms with Gasteiger partial charge in [-0.1, -0.05) is 36.4 Å². The molecule has 9 nitrogen and oxygen atoms in total. The minimum atomic E-state index is -0.525. The SMILES string of the molecule is CNC(=O)OCc1ccc(C(CN)C(=O)Nc2cccc3c(-c4cn[nH]c4)c[nH]c23)cc1. The summed E-state index contributed by atoms with van der Waals surface area (Å²) in [5.74, 6) is -0.726. The molecule has 0 radical (unpaired) electrons. The fraction of sp³-hybridized carbons (Fsp3) is 0.174. The van der Waals surface area contributed by atoms with Crippen molar-refractivity contribution in [2.75, 3.05) is 18.9 Å². The van der Waals surface area contributed by atoms with E-state index in [1.165, 1.54) is 7.05 Å². The van der Waals surface area contributed by atoms with Gasteiger partial charge in [-0.05, 0) is 17.2 Å². The Balaban J connectivity index is 1.51. The molecule has 2 amide bonds. The van der Waals surface area contributed by atoms with Gasteiger partial charge in [0.25, 0.3) is 0 Å². The second kappa shape index (κ2) is 9.36. The zero-order valence-corrected chi connectivity index (χ0v) is 17.5. The number of alkyl carbamates (subject to hydrolysis) is 1. The number of aromatic nitrogens is 3. The highest BCUT2D eigenvalue weighted by atomic mass is 16.5. The lowest BCUT2D eigenvalue weighted by Crippen LogP contribution is -2.27. The molecule has 0 bridgehead atoms. The molecule has 0 spiro atoms. The maximum absolute atomic E-state index is 13.1. The summed E-state index contributed by atoms with van der Waals surface area (Å²) >= 11 is 0. The fourth-order valence-electron chi connectivity index (χ4n) is 3.58. The number of aromatic amines is 2. The van der Waals surface area contributed by atoms with E-state index in [-0.39, 0.29) is 19.1 Å². The van der Waals surface area contributed by atoms with E-state index < -0.39 is 12.0 Å². The van der Waals surface area contributed by atoms with Gasteiger partial charge >= 0.3 is 6.09 Å². The number of carbonyl (C=O) groups excluding carboxylic acids is 2. The highest BCUT2D eigenvalue weighted by Gasteiger charge is 2.21. The van der Waals surface area contributed by atoms with Crippen LogP contribution in [0.15, 0.2) is 61.1 Å². The minimum Gasteiger partial charge on any atom is -0.445 e. The first-order valence-electron chi connectivity index (χ1n) is 10.1. The highest BCUT2D eigenvalue weighted by molar-refractivity contribution is 6.07. The number of carbonyl (C=O) groups is 2. The van der Waals surface area contributed by atoms with Crippen LogP contribution in [-0.2, 0) is 16.1 Å². The lowest BCUT2D eigenvalue weighted by Gasteiger charge is -2.16. The van der Waals surface area contributed by atoms with E-state index >= 15 is 0 Å². The van der Waals surface area contributed by atoms with Crippen LogP contribution in [0.3, 0.4) is 0 Å². The number of hydrogen-bond acceptors (Lipinski definition) is 5. The van der Waals surface area contributed by atoms with E-state index in [4.69, 9.17) is 10.5 Å². The number of nitrogens with two attached hydrogens (primary N) is 1. The minimum absolute atomic E-state index is 0.146. The smallest absolute Gasteiger partial charge is 0.407 e. The van der Waals surface area contributed by atoms with Crippen LogP contribution in [0.25, 0.3) is 22.0 Å². The molecule has 2 aromatic carbocycles. The Morgan fingerprint density at radius 3 is 2.66 bits per heavy atom. The van der Waals surface area contributed by atoms with E-state index in [0.29, 0.717) is 5.69 Å². The van der Waals surface area contributed by atoms with E-state index in [1.807, 2.05) is 54.9 Å². The lowest BCUT2D eigenvalue weighted by molar-refractivity contribution is -0.117. The molecule has 9 heteroatoms. The van der Waals surface area contributed by atoms with E-state index in [0.717, 1.165) is 33.2 Å². The average Bonchev–Trinajstić information content (AvgIpc) is 3.49. The summed E-state index contributed by atoms with van der Waals surface area (Å²) < 4.78 is 5.04. The Hall–Kier alpha value is -4.11. The monoisotopic (exact) mass is 432 g/mol. The molecule has 4 aromatic rings. The summed E-state index contributed by atoms with van der Waals surface area (Å²) in [7, 11) is 1.50. The molecule has 0 saturated heterocycles. The molecule has 2 aromatic heterocycles. The van der Waals surface area contributed by atoms with Gasteiger partial charge in [0, 0.05) is 42.5 Å². The van der Waals surface area contributed by atoms with E-state index in [9.17, 15) is 9.59 Å². The molecule has 0 aliphatic rings. The van der Waals surface area contributed by atoms with Gasteiger partial charge < -0.3 is 26.1 Å². The normalized spacial score (nSPS) is 11.8. The number of H-pyrrole nitrogens is 2. The van der Waals surface area contributed by atoms with Crippen molar-refractivity contribution in [3.63, 3.8) is 0 Å². The average molecular weight is 432 g/mol. The van der Waals surface area contributed by atoms with Crippen molar-refractivity contribution in [3.05, 3.63) is 72.2 Å². The Kier molecular flexibility index (Phi) is 6.18. The molecule has 0 aliphatic carbocycles. The second-order valence-corrected chi connectivity index (χ2v) is 7.26. The van der Waals surface area contributed by atoms with Gasteiger partial charge in [0.1, 0.15) is 6.61 Å². The zero-order chi connectivity index (χ0) is 22.5. The number of hydrogen-bond donors (Lipinski definition) is 5.